The molecule has 15 heavy (non-hydrogen) atoms. The molecule has 1 aromatic heterocycles. The number of nitrogen functional groups attached to an aromatic ring is 1. The Morgan fingerprint density at radius 2 is 2.40 bits per heavy atom. The number of nitrogens with zero attached hydrogens (tertiary/aromatic N) is 3. The average Bonchev–Trinajstić information content (AvgIpc) is 2.76. The van der Waals surface area contributed by atoms with E-state index < -0.39 is 0 Å². The normalized spacial score (nSPS) is 26.0. The van der Waals surface area contributed by atoms with E-state index in [-0.39, 0.29) is 5.92 Å². The number of aromatic nitrogens is 3. The molecule has 2 unspecified atom stereocenters. The minimum atomic E-state index is 0.216. The van der Waals surface area contributed by atoms with Crippen LogP contribution in [0.1, 0.15) is 18.7 Å². The maximum Gasteiger partial charge on any atom is 0.218 e. The molecule has 84 valence electrons. The van der Waals surface area contributed by atoms with Gasteiger partial charge in [0.15, 0.2) is 5.82 Å². The minimum absolute atomic E-state index is 0.216. The summed E-state index contributed by atoms with van der Waals surface area (Å²) in [6, 6.07) is 0.303. The molecular weight excluding hydrogens is 194 g/mol. The first-order chi connectivity index (χ1) is 7.22. The van der Waals surface area contributed by atoms with Crippen molar-refractivity contribution in [2.75, 3.05) is 25.5 Å². The lowest BCUT2D eigenvalue weighted by atomic mass is 10.0. The van der Waals surface area contributed by atoms with Crippen LogP contribution in [0.2, 0.25) is 0 Å². The Balaban J connectivity index is 2.15. The number of hydrogen-bond donors (Lipinski definition) is 2. The van der Waals surface area contributed by atoms with Crippen LogP contribution in [0.5, 0.6) is 0 Å². The standard InChI is InChI=1S/C9H17N5O/c1-3-11-7-5-15-4-6(7)8-12-9(10)14(2)13-8/h6-7,11H,3-5H2,1-2H3,(H2,10,12,13). The molecule has 0 bridgehead atoms. The van der Waals surface area contributed by atoms with Crippen molar-refractivity contribution < 1.29 is 4.74 Å². The van der Waals surface area contributed by atoms with Crippen LogP contribution >= 0.6 is 0 Å². The second kappa shape index (κ2) is 4.16. The zero-order chi connectivity index (χ0) is 10.8. The van der Waals surface area contributed by atoms with Crippen molar-refractivity contribution in [3.63, 3.8) is 0 Å². The summed E-state index contributed by atoms with van der Waals surface area (Å²) in [5.41, 5.74) is 5.66. The van der Waals surface area contributed by atoms with Gasteiger partial charge >= 0.3 is 0 Å². The minimum Gasteiger partial charge on any atom is -0.379 e. The number of aryl methyl sites for hydroxylation is 1. The van der Waals surface area contributed by atoms with Gasteiger partial charge in [-0.25, -0.2) is 4.68 Å². The largest absolute Gasteiger partial charge is 0.379 e. The summed E-state index contributed by atoms with van der Waals surface area (Å²) in [7, 11) is 1.80. The second-order valence-corrected chi connectivity index (χ2v) is 3.76. The molecule has 1 aliphatic rings. The molecule has 0 aliphatic carbocycles. The third-order valence-electron chi connectivity index (χ3n) is 2.69. The smallest absolute Gasteiger partial charge is 0.218 e. The molecule has 6 nitrogen and oxygen atoms in total. The van der Waals surface area contributed by atoms with Crippen molar-refractivity contribution in [1.82, 2.24) is 20.1 Å². The first-order valence-corrected chi connectivity index (χ1v) is 5.20. The summed E-state index contributed by atoms with van der Waals surface area (Å²) in [5, 5.41) is 7.65. The predicted molar refractivity (Wildman–Crippen MR) is 56.4 cm³/mol. The Bertz CT molecular complexity index is 318. The van der Waals surface area contributed by atoms with Crippen LogP contribution in [-0.2, 0) is 11.8 Å². The highest BCUT2D eigenvalue weighted by Crippen LogP contribution is 2.23. The molecule has 0 saturated carbocycles. The lowest BCUT2D eigenvalue weighted by molar-refractivity contribution is 0.187. The molecular formula is C9H17N5O. The van der Waals surface area contributed by atoms with E-state index in [9.17, 15) is 0 Å². The third kappa shape index (κ3) is 1.95. The van der Waals surface area contributed by atoms with E-state index >= 15 is 0 Å². The van der Waals surface area contributed by atoms with Crippen LogP contribution in [0.3, 0.4) is 0 Å². The van der Waals surface area contributed by atoms with Gasteiger partial charge in [0, 0.05) is 13.1 Å². The van der Waals surface area contributed by atoms with Crippen molar-refractivity contribution in [3.8, 4) is 0 Å². The van der Waals surface area contributed by atoms with E-state index in [4.69, 9.17) is 10.5 Å². The lowest BCUT2D eigenvalue weighted by Gasteiger charge is -2.14. The highest BCUT2D eigenvalue weighted by atomic mass is 16.5. The molecule has 1 aromatic rings. The fraction of sp³-hybridized carbons (Fsp3) is 0.778. The number of nitrogens with two attached hydrogens (primary N) is 1. The quantitative estimate of drug-likeness (QED) is 0.704. The van der Waals surface area contributed by atoms with Gasteiger partial charge in [-0.3, -0.25) is 0 Å². The summed E-state index contributed by atoms with van der Waals surface area (Å²) >= 11 is 0. The molecule has 2 atom stereocenters. The highest BCUT2D eigenvalue weighted by molar-refractivity contribution is 5.18. The van der Waals surface area contributed by atoms with E-state index in [0.717, 1.165) is 19.0 Å². The van der Waals surface area contributed by atoms with Crippen LogP contribution in [0.25, 0.3) is 0 Å². The average molecular weight is 211 g/mol. The fourth-order valence-corrected chi connectivity index (χ4v) is 1.85. The van der Waals surface area contributed by atoms with Gasteiger partial charge in [0.1, 0.15) is 0 Å². The predicted octanol–water partition coefficient (Wildman–Crippen LogP) is -0.511. The van der Waals surface area contributed by atoms with Gasteiger partial charge in [-0.2, -0.15) is 10.1 Å². The SMILES string of the molecule is CCNC1COCC1c1nc(N)n(C)n1. The first-order valence-electron chi connectivity index (χ1n) is 5.20. The van der Waals surface area contributed by atoms with Crippen molar-refractivity contribution in [1.29, 1.82) is 0 Å². The molecule has 0 radical (unpaired) electrons. The van der Waals surface area contributed by atoms with E-state index in [1.807, 2.05) is 0 Å². The molecule has 0 spiro atoms. The molecule has 1 saturated heterocycles. The Hall–Kier alpha value is -1.14. The van der Waals surface area contributed by atoms with Crippen LogP contribution in [-0.4, -0.2) is 40.6 Å². The summed E-state index contributed by atoms with van der Waals surface area (Å²) < 4.78 is 7.03. The second-order valence-electron chi connectivity index (χ2n) is 3.76. The summed E-state index contributed by atoms with van der Waals surface area (Å²) in [6.45, 7) is 4.39. The highest BCUT2D eigenvalue weighted by Gasteiger charge is 2.32. The Morgan fingerprint density at radius 1 is 1.60 bits per heavy atom. The van der Waals surface area contributed by atoms with Crippen LogP contribution in [0, 0.1) is 0 Å². The van der Waals surface area contributed by atoms with Gasteiger partial charge in [-0.05, 0) is 6.54 Å². The van der Waals surface area contributed by atoms with Crippen LogP contribution < -0.4 is 11.1 Å². The van der Waals surface area contributed by atoms with Crippen molar-refractivity contribution in [2.24, 2.45) is 7.05 Å². The number of nitrogens with one attached hydrogen (secondary N) is 1. The Labute approximate surface area is 88.8 Å². The van der Waals surface area contributed by atoms with Gasteiger partial charge in [-0.15, -0.1) is 0 Å². The van der Waals surface area contributed by atoms with Crippen LogP contribution in [0.15, 0.2) is 0 Å². The Kier molecular flexibility index (Phi) is 2.88. The van der Waals surface area contributed by atoms with Gasteiger partial charge in [0.25, 0.3) is 0 Å². The summed E-state index contributed by atoms with van der Waals surface area (Å²) in [5.74, 6) is 1.44. The zero-order valence-corrected chi connectivity index (χ0v) is 9.10. The summed E-state index contributed by atoms with van der Waals surface area (Å²) in [6.07, 6.45) is 0. The van der Waals surface area contributed by atoms with Gasteiger partial charge in [0.05, 0.1) is 19.1 Å². The van der Waals surface area contributed by atoms with Gasteiger partial charge in [0.2, 0.25) is 5.95 Å². The van der Waals surface area contributed by atoms with E-state index in [1.165, 1.54) is 0 Å². The molecule has 2 heterocycles. The Morgan fingerprint density at radius 3 is 3.00 bits per heavy atom. The molecule has 3 N–H and O–H groups in total. The third-order valence-corrected chi connectivity index (χ3v) is 2.69. The number of hydrogen-bond acceptors (Lipinski definition) is 5. The number of likely N-dealkylation sites (N-methyl/N-ethyl adjacent to an activating group) is 1. The van der Waals surface area contributed by atoms with Crippen molar-refractivity contribution in [2.45, 2.75) is 18.9 Å². The molecule has 1 fully saturated rings. The number of ether oxygens (including phenoxy) is 1. The first kappa shape index (κ1) is 10.4. The van der Waals surface area contributed by atoms with Crippen LogP contribution in [0.4, 0.5) is 5.95 Å². The molecule has 0 aromatic carbocycles. The molecule has 6 heteroatoms. The van der Waals surface area contributed by atoms with Crippen molar-refractivity contribution in [3.05, 3.63) is 5.82 Å². The number of rotatable bonds is 3. The van der Waals surface area contributed by atoms with E-state index in [2.05, 4.69) is 22.3 Å². The lowest BCUT2D eigenvalue weighted by Crippen LogP contribution is -2.34. The summed E-state index contributed by atoms with van der Waals surface area (Å²) in [4.78, 5) is 4.23. The topological polar surface area (TPSA) is 78.0 Å². The van der Waals surface area contributed by atoms with E-state index in [1.54, 1.807) is 11.7 Å². The van der Waals surface area contributed by atoms with Gasteiger partial charge in [-0.1, -0.05) is 6.92 Å². The monoisotopic (exact) mass is 211 g/mol. The molecule has 2 rings (SSSR count). The van der Waals surface area contributed by atoms with Crippen molar-refractivity contribution >= 4 is 5.95 Å². The molecule has 1 aliphatic heterocycles. The van der Waals surface area contributed by atoms with Gasteiger partial charge < -0.3 is 15.8 Å². The number of anilines is 1. The maximum absolute atomic E-state index is 5.66. The maximum atomic E-state index is 5.66. The zero-order valence-electron chi connectivity index (χ0n) is 9.10. The molecule has 0 amide bonds. The van der Waals surface area contributed by atoms with E-state index in [0.29, 0.717) is 18.6 Å². The fourth-order valence-electron chi connectivity index (χ4n) is 1.85.